The summed E-state index contributed by atoms with van der Waals surface area (Å²) in [5.41, 5.74) is -1.33. The number of fused-ring (bicyclic) bond motifs is 1. The molecule has 4 aromatic rings. The zero-order valence-corrected chi connectivity index (χ0v) is 30.4. The first-order valence-corrected chi connectivity index (χ1v) is 18.8. The number of amides is 1. The molecule has 1 amide bonds. The lowest BCUT2D eigenvalue weighted by atomic mass is 9.93. The molecule has 0 aliphatic carbocycles. The van der Waals surface area contributed by atoms with Crippen LogP contribution < -0.4 is 10.0 Å². The minimum atomic E-state index is -4.93. The van der Waals surface area contributed by atoms with Crippen molar-refractivity contribution < 1.29 is 44.3 Å². The molecular weight excluding hydrogens is 738 g/mol. The van der Waals surface area contributed by atoms with Crippen molar-refractivity contribution in [2.45, 2.75) is 43.8 Å². The fourth-order valence-electron chi connectivity index (χ4n) is 6.91. The van der Waals surface area contributed by atoms with Gasteiger partial charge in [-0.05, 0) is 61.8 Å². The van der Waals surface area contributed by atoms with Crippen LogP contribution in [0.5, 0.6) is 0 Å². The van der Waals surface area contributed by atoms with Crippen LogP contribution in [0.2, 0.25) is 0 Å². The van der Waals surface area contributed by atoms with E-state index in [1.165, 1.54) is 74.8 Å². The quantitative estimate of drug-likeness (QED) is 0.178. The van der Waals surface area contributed by atoms with Gasteiger partial charge in [-0.1, -0.05) is 42.5 Å². The molecular formula is C37H40F6N6O4S. The summed E-state index contributed by atoms with van der Waals surface area (Å²) in [6.45, 7) is 3.83. The van der Waals surface area contributed by atoms with Crippen LogP contribution in [0.15, 0.2) is 72.8 Å². The number of nitrogens with zero attached hydrogens (tertiary/aromatic N) is 4. The summed E-state index contributed by atoms with van der Waals surface area (Å²) in [4.78, 5) is 23.6. The van der Waals surface area contributed by atoms with Crippen molar-refractivity contribution in [3.05, 3.63) is 95.1 Å². The Morgan fingerprint density at radius 2 is 1.61 bits per heavy atom. The number of carbonyl (C=O) groups is 1. The summed E-state index contributed by atoms with van der Waals surface area (Å²) in [7, 11) is -1.46. The predicted molar refractivity (Wildman–Crippen MR) is 192 cm³/mol. The number of anilines is 1. The Morgan fingerprint density at radius 3 is 2.24 bits per heavy atom. The van der Waals surface area contributed by atoms with Gasteiger partial charge in [-0.2, -0.15) is 39.1 Å². The summed E-state index contributed by atoms with van der Waals surface area (Å²) >= 11 is 0. The number of hydrogen-bond donors (Lipinski definition) is 2. The largest absolute Gasteiger partial charge is 0.416 e. The fraction of sp³-hybridized carbons (Fsp3) is 0.405. The van der Waals surface area contributed by atoms with Crippen LogP contribution in [0, 0.1) is 0 Å². The number of aromatic nitrogens is 1. The Bertz CT molecular complexity index is 2070. The van der Waals surface area contributed by atoms with Crippen molar-refractivity contribution >= 4 is 32.7 Å². The maximum atomic E-state index is 14.7. The van der Waals surface area contributed by atoms with Gasteiger partial charge in [0.2, 0.25) is 0 Å². The van der Waals surface area contributed by atoms with Gasteiger partial charge in [0.1, 0.15) is 0 Å². The number of alkyl halides is 6. The Morgan fingerprint density at radius 1 is 0.926 bits per heavy atom. The molecule has 10 nitrogen and oxygen atoms in total. The summed E-state index contributed by atoms with van der Waals surface area (Å²) in [6, 6.07) is 13.0. The van der Waals surface area contributed by atoms with E-state index in [0.717, 1.165) is 42.4 Å². The highest BCUT2D eigenvalue weighted by molar-refractivity contribution is 7.90. The van der Waals surface area contributed by atoms with Crippen molar-refractivity contribution in [2.24, 2.45) is 0 Å². The molecule has 0 saturated carbocycles. The van der Waals surface area contributed by atoms with Gasteiger partial charge in [0.05, 0.1) is 41.2 Å². The maximum absolute atomic E-state index is 14.7. The molecule has 3 aromatic carbocycles. The first-order chi connectivity index (χ1) is 25.5. The molecule has 0 bridgehead atoms. The first kappa shape index (κ1) is 39.4. The van der Waals surface area contributed by atoms with E-state index in [9.17, 15) is 39.6 Å². The zero-order chi connectivity index (χ0) is 38.8. The van der Waals surface area contributed by atoms with E-state index in [1.54, 1.807) is 0 Å². The smallest absolute Gasteiger partial charge is 0.379 e. The number of morpholine rings is 1. The number of hydrogen-bond acceptors (Lipinski definition) is 7. The number of ether oxygens (including phenoxy) is 1. The SMILES string of the molecule is CN(C)S(=O)(=O)Nc1ccc2nc(-c3cccc(C(F)(F)F)c3)c(CN3CCC(N4CCOCC4)CC3)c(C(=O)N[C@H](c3ccccc3)C(F)(F)F)c2c1. The molecule has 1 atom stereocenters. The van der Waals surface area contributed by atoms with Crippen molar-refractivity contribution in [3.8, 4) is 11.3 Å². The van der Waals surface area contributed by atoms with E-state index >= 15 is 0 Å². The van der Waals surface area contributed by atoms with Crippen LogP contribution in [-0.2, 0) is 27.7 Å². The summed E-state index contributed by atoms with van der Waals surface area (Å²) in [5.74, 6) is -1.16. The highest BCUT2D eigenvalue weighted by atomic mass is 32.2. The van der Waals surface area contributed by atoms with Crippen LogP contribution in [-0.4, -0.2) is 99.1 Å². The van der Waals surface area contributed by atoms with E-state index in [0.29, 0.717) is 26.3 Å². The molecule has 1 aromatic heterocycles. The third-order valence-electron chi connectivity index (χ3n) is 9.74. The predicted octanol–water partition coefficient (Wildman–Crippen LogP) is 6.47. The normalized spacial score (nSPS) is 17.5. The molecule has 290 valence electrons. The van der Waals surface area contributed by atoms with Crippen LogP contribution in [0.25, 0.3) is 22.2 Å². The molecule has 0 spiro atoms. The van der Waals surface area contributed by atoms with Crippen LogP contribution in [0.1, 0.15) is 45.9 Å². The number of nitrogens with one attached hydrogen (secondary N) is 2. The number of likely N-dealkylation sites (tertiary alicyclic amines) is 1. The van der Waals surface area contributed by atoms with Gasteiger partial charge in [0.15, 0.2) is 6.04 Å². The zero-order valence-electron chi connectivity index (χ0n) is 29.5. The van der Waals surface area contributed by atoms with Gasteiger partial charge in [-0.25, -0.2) is 4.98 Å². The third-order valence-corrected chi connectivity index (χ3v) is 11.2. The Balaban J connectivity index is 1.52. The molecule has 0 unspecified atom stereocenters. The minimum Gasteiger partial charge on any atom is -0.379 e. The van der Waals surface area contributed by atoms with Crippen LogP contribution >= 0.6 is 0 Å². The number of rotatable bonds is 10. The number of piperidine rings is 1. The molecule has 2 N–H and O–H groups in total. The van der Waals surface area contributed by atoms with Crippen molar-refractivity contribution in [3.63, 3.8) is 0 Å². The van der Waals surface area contributed by atoms with Gasteiger partial charge >= 0.3 is 22.6 Å². The average Bonchev–Trinajstić information content (AvgIpc) is 3.13. The molecule has 6 rings (SSSR count). The van der Waals surface area contributed by atoms with Gasteiger partial charge in [0.25, 0.3) is 5.91 Å². The van der Waals surface area contributed by atoms with E-state index in [1.807, 2.05) is 4.90 Å². The molecule has 2 aliphatic heterocycles. The van der Waals surface area contributed by atoms with Gasteiger partial charge < -0.3 is 10.1 Å². The molecule has 2 aliphatic rings. The molecule has 3 heterocycles. The highest BCUT2D eigenvalue weighted by Gasteiger charge is 2.43. The number of benzene rings is 3. The third kappa shape index (κ3) is 8.97. The highest BCUT2D eigenvalue weighted by Crippen LogP contribution is 2.38. The summed E-state index contributed by atoms with van der Waals surface area (Å²) < 4.78 is 120. The molecule has 17 heteroatoms. The maximum Gasteiger partial charge on any atom is 0.416 e. The molecule has 2 saturated heterocycles. The average molecular weight is 779 g/mol. The van der Waals surface area contributed by atoms with Crippen LogP contribution in [0.4, 0.5) is 32.0 Å². The summed E-state index contributed by atoms with van der Waals surface area (Å²) in [6.07, 6.45) is -8.18. The van der Waals surface area contributed by atoms with E-state index in [-0.39, 0.29) is 57.1 Å². The lowest BCUT2D eigenvalue weighted by Crippen LogP contribution is -2.48. The lowest BCUT2D eigenvalue weighted by molar-refractivity contribution is -0.155. The van der Waals surface area contributed by atoms with Crippen molar-refractivity contribution in [2.75, 3.05) is 58.2 Å². The Hall–Kier alpha value is -4.29. The second-order valence-electron chi connectivity index (χ2n) is 13.5. The second kappa shape index (κ2) is 15.8. The molecule has 2 fully saturated rings. The number of pyridine rings is 1. The number of carbonyl (C=O) groups excluding carboxylic acids is 1. The summed E-state index contributed by atoms with van der Waals surface area (Å²) in [5, 5.41) is 2.16. The topological polar surface area (TPSA) is 107 Å². The fourth-order valence-corrected chi connectivity index (χ4v) is 7.52. The Kier molecular flexibility index (Phi) is 11.5. The van der Waals surface area contributed by atoms with E-state index in [4.69, 9.17) is 9.72 Å². The standard InChI is InChI=1S/C37H40F6N6O4S/c1-47(2)54(51,52)46-27-11-12-31-29(22-27)32(35(50)45-34(37(41,42)43)24-7-4-3-5-8-24)30(33(44-31)25-9-6-10-26(21-25)36(38,39)40)23-48-15-13-28(14-16-48)49-17-19-53-20-18-49/h3-12,21-22,28,34,46H,13-20,23H2,1-2H3,(H,45,50)/t34-/m1/s1. The van der Waals surface area contributed by atoms with Crippen molar-refractivity contribution in [1.82, 2.24) is 24.4 Å². The van der Waals surface area contributed by atoms with Crippen molar-refractivity contribution in [1.29, 1.82) is 0 Å². The minimum absolute atomic E-state index is 0.00629. The van der Waals surface area contributed by atoms with Gasteiger partial charge in [-0.3, -0.25) is 19.3 Å². The second-order valence-corrected chi connectivity index (χ2v) is 15.4. The van der Waals surface area contributed by atoms with E-state index < -0.39 is 40.1 Å². The van der Waals surface area contributed by atoms with Gasteiger partial charge in [-0.15, -0.1) is 0 Å². The monoisotopic (exact) mass is 778 g/mol. The first-order valence-electron chi connectivity index (χ1n) is 17.3. The molecule has 0 radical (unpaired) electrons. The lowest BCUT2D eigenvalue weighted by Gasteiger charge is -2.40. The molecule has 54 heavy (non-hydrogen) atoms. The van der Waals surface area contributed by atoms with E-state index in [2.05, 4.69) is 14.9 Å². The van der Waals surface area contributed by atoms with Crippen LogP contribution in [0.3, 0.4) is 0 Å². The Labute approximate surface area is 309 Å². The van der Waals surface area contributed by atoms with Gasteiger partial charge in [0, 0.05) is 56.3 Å². The number of halogens is 6.